The lowest BCUT2D eigenvalue weighted by Crippen LogP contribution is -2.28. The van der Waals surface area contributed by atoms with E-state index >= 15 is 0 Å². The maximum Gasteiger partial charge on any atom is 0.229 e. The van der Waals surface area contributed by atoms with Crippen molar-refractivity contribution in [2.45, 2.75) is 25.2 Å². The van der Waals surface area contributed by atoms with E-state index in [4.69, 9.17) is 9.47 Å². The van der Waals surface area contributed by atoms with E-state index in [0.29, 0.717) is 11.3 Å². The Morgan fingerprint density at radius 1 is 0.947 bits per heavy atom. The highest BCUT2D eigenvalue weighted by Crippen LogP contribution is 2.31. The maximum absolute atomic E-state index is 12.0. The molecule has 3 aromatic carbocycles. The number of aliphatic hydroxyl groups excluding tert-OH is 1. The summed E-state index contributed by atoms with van der Waals surface area (Å²) in [6.45, 7) is 0.555. The van der Waals surface area contributed by atoms with Gasteiger partial charge in [0.15, 0.2) is 0 Å². The molecular formula is C29H32N2O5S2. The SMILES string of the molecule is COc1ccc(C(Cc2cccs2)NCC(O)c2ccc(OCc3ccccc3)c(NS(C)(=O)=O)c2)cc1. The van der Waals surface area contributed by atoms with Crippen molar-refractivity contribution in [1.82, 2.24) is 5.32 Å². The number of hydrogen-bond acceptors (Lipinski definition) is 7. The van der Waals surface area contributed by atoms with Crippen LogP contribution in [0, 0.1) is 0 Å². The first-order valence-electron chi connectivity index (χ1n) is 12.2. The van der Waals surface area contributed by atoms with Gasteiger partial charge in [-0.1, -0.05) is 54.6 Å². The fraction of sp³-hybridized carbons (Fsp3) is 0.241. The second-order valence-corrected chi connectivity index (χ2v) is 11.7. The van der Waals surface area contributed by atoms with Gasteiger partial charge in [-0.3, -0.25) is 4.72 Å². The quantitative estimate of drug-likeness (QED) is 0.208. The van der Waals surface area contributed by atoms with Gasteiger partial charge in [0.2, 0.25) is 10.0 Å². The monoisotopic (exact) mass is 552 g/mol. The molecule has 0 saturated carbocycles. The van der Waals surface area contributed by atoms with Crippen molar-refractivity contribution in [2.75, 3.05) is 24.6 Å². The van der Waals surface area contributed by atoms with Crippen LogP contribution in [0.5, 0.6) is 11.5 Å². The molecule has 9 heteroatoms. The second kappa shape index (κ2) is 12.9. The Kier molecular flexibility index (Phi) is 9.41. The summed E-state index contributed by atoms with van der Waals surface area (Å²) >= 11 is 1.69. The Labute approximate surface area is 228 Å². The molecule has 4 rings (SSSR count). The van der Waals surface area contributed by atoms with E-state index in [-0.39, 0.29) is 24.9 Å². The molecule has 4 aromatic rings. The van der Waals surface area contributed by atoms with Crippen molar-refractivity contribution in [3.05, 3.63) is 112 Å². The summed E-state index contributed by atoms with van der Waals surface area (Å²) in [7, 11) is -1.92. The molecule has 0 spiro atoms. The Hall–Kier alpha value is -3.37. The zero-order valence-electron chi connectivity index (χ0n) is 21.3. The van der Waals surface area contributed by atoms with Crippen molar-refractivity contribution in [3.8, 4) is 11.5 Å². The lowest BCUT2D eigenvalue weighted by atomic mass is 10.0. The smallest absolute Gasteiger partial charge is 0.229 e. The van der Waals surface area contributed by atoms with E-state index < -0.39 is 16.1 Å². The van der Waals surface area contributed by atoms with E-state index in [1.54, 1.807) is 36.6 Å². The van der Waals surface area contributed by atoms with Crippen LogP contribution in [0.2, 0.25) is 0 Å². The number of methoxy groups -OCH3 is 1. The van der Waals surface area contributed by atoms with Crippen LogP contribution in [-0.4, -0.2) is 33.4 Å². The lowest BCUT2D eigenvalue weighted by molar-refractivity contribution is 0.169. The minimum Gasteiger partial charge on any atom is -0.497 e. The first-order chi connectivity index (χ1) is 18.3. The summed E-state index contributed by atoms with van der Waals surface area (Å²) in [5.41, 5.74) is 2.89. The summed E-state index contributed by atoms with van der Waals surface area (Å²) in [6, 6.07) is 26.6. The van der Waals surface area contributed by atoms with Crippen LogP contribution in [-0.2, 0) is 23.1 Å². The first kappa shape index (κ1) is 27.7. The number of anilines is 1. The summed E-state index contributed by atoms with van der Waals surface area (Å²) < 4.78 is 37.8. The van der Waals surface area contributed by atoms with Gasteiger partial charge in [-0.25, -0.2) is 8.42 Å². The zero-order valence-corrected chi connectivity index (χ0v) is 23.0. The third kappa shape index (κ3) is 8.06. The molecule has 3 N–H and O–H groups in total. The predicted octanol–water partition coefficient (Wildman–Crippen LogP) is 5.31. The number of nitrogens with one attached hydrogen (secondary N) is 2. The molecule has 0 fully saturated rings. The molecule has 7 nitrogen and oxygen atoms in total. The normalized spacial score (nSPS) is 13.0. The standard InChI is InChI=1S/C29H32N2O5S2/c1-35-24-13-10-22(11-14-24)26(18-25-9-6-16-37-25)30-19-28(32)23-12-15-29(27(17-23)31-38(2,33)34)36-20-21-7-4-3-5-8-21/h3-17,26,28,30-32H,18-20H2,1-2H3. The Bertz CT molecular complexity index is 1390. The van der Waals surface area contributed by atoms with Crippen LogP contribution >= 0.6 is 11.3 Å². The summed E-state index contributed by atoms with van der Waals surface area (Å²) in [5.74, 6) is 1.17. The highest BCUT2D eigenvalue weighted by molar-refractivity contribution is 7.92. The molecule has 0 aliphatic heterocycles. The number of aliphatic hydroxyl groups is 1. The maximum atomic E-state index is 12.0. The molecule has 2 atom stereocenters. The average molecular weight is 553 g/mol. The molecule has 200 valence electrons. The van der Waals surface area contributed by atoms with E-state index in [9.17, 15) is 13.5 Å². The van der Waals surface area contributed by atoms with Crippen molar-refractivity contribution < 1.29 is 23.0 Å². The molecule has 0 aliphatic rings. The highest BCUT2D eigenvalue weighted by Gasteiger charge is 2.18. The van der Waals surface area contributed by atoms with Crippen LogP contribution in [0.3, 0.4) is 0 Å². The topological polar surface area (TPSA) is 96.9 Å². The minimum absolute atomic E-state index is 0.0312. The van der Waals surface area contributed by atoms with Crippen LogP contribution < -0.4 is 19.5 Å². The molecule has 1 heterocycles. The Morgan fingerprint density at radius 3 is 2.34 bits per heavy atom. The van der Waals surface area contributed by atoms with Gasteiger partial charge in [0.05, 0.1) is 25.2 Å². The predicted molar refractivity (Wildman–Crippen MR) is 152 cm³/mol. The average Bonchev–Trinajstić information content (AvgIpc) is 3.43. The summed E-state index contributed by atoms with van der Waals surface area (Å²) in [4.78, 5) is 1.23. The van der Waals surface area contributed by atoms with Gasteiger partial charge in [-0.05, 0) is 52.4 Å². The molecule has 2 unspecified atom stereocenters. The van der Waals surface area contributed by atoms with E-state index in [0.717, 1.165) is 29.6 Å². The Morgan fingerprint density at radius 2 is 1.68 bits per heavy atom. The summed E-state index contributed by atoms with van der Waals surface area (Å²) in [5, 5.41) is 16.6. The highest BCUT2D eigenvalue weighted by atomic mass is 32.2. The first-order valence-corrected chi connectivity index (χ1v) is 14.9. The molecule has 0 amide bonds. The molecule has 38 heavy (non-hydrogen) atoms. The van der Waals surface area contributed by atoms with Gasteiger partial charge in [-0.15, -0.1) is 11.3 Å². The lowest BCUT2D eigenvalue weighted by Gasteiger charge is -2.22. The van der Waals surface area contributed by atoms with Gasteiger partial charge < -0.3 is 19.9 Å². The van der Waals surface area contributed by atoms with Crippen molar-refractivity contribution in [2.24, 2.45) is 0 Å². The van der Waals surface area contributed by atoms with Crippen molar-refractivity contribution in [3.63, 3.8) is 0 Å². The Balaban J connectivity index is 1.49. The molecule has 0 aliphatic carbocycles. The van der Waals surface area contributed by atoms with Gasteiger partial charge in [0.1, 0.15) is 18.1 Å². The molecule has 0 radical (unpaired) electrons. The number of ether oxygens (including phenoxy) is 2. The largest absolute Gasteiger partial charge is 0.497 e. The number of rotatable bonds is 13. The number of thiophene rings is 1. The molecule has 1 aromatic heterocycles. The molecule has 0 bridgehead atoms. The fourth-order valence-electron chi connectivity index (χ4n) is 4.04. The van der Waals surface area contributed by atoms with Gasteiger partial charge in [-0.2, -0.15) is 0 Å². The van der Waals surface area contributed by atoms with Crippen LogP contribution in [0.1, 0.15) is 33.7 Å². The van der Waals surface area contributed by atoms with Crippen molar-refractivity contribution >= 4 is 27.0 Å². The third-order valence-corrected chi connectivity index (χ3v) is 7.47. The molecule has 0 saturated heterocycles. The van der Waals surface area contributed by atoms with E-state index in [2.05, 4.69) is 16.1 Å². The molecular weight excluding hydrogens is 520 g/mol. The summed E-state index contributed by atoms with van der Waals surface area (Å²) in [6.07, 6.45) is 0.981. The number of benzene rings is 3. The van der Waals surface area contributed by atoms with Crippen LogP contribution in [0.25, 0.3) is 0 Å². The van der Waals surface area contributed by atoms with Gasteiger partial charge in [0.25, 0.3) is 0 Å². The fourth-order valence-corrected chi connectivity index (χ4v) is 5.35. The zero-order chi connectivity index (χ0) is 27.0. The van der Waals surface area contributed by atoms with Crippen LogP contribution in [0.4, 0.5) is 5.69 Å². The minimum atomic E-state index is -3.56. The second-order valence-electron chi connectivity index (χ2n) is 8.94. The number of sulfonamides is 1. The van der Waals surface area contributed by atoms with E-state index in [1.165, 1.54) is 4.88 Å². The van der Waals surface area contributed by atoms with Crippen LogP contribution in [0.15, 0.2) is 90.3 Å². The van der Waals surface area contributed by atoms with Crippen molar-refractivity contribution in [1.29, 1.82) is 0 Å². The third-order valence-electron chi connectivity index (χ3n) is 5.98. The van der Waals surface area contributed by atoms with Gasteiger partial charge >= 0.3 is 0 Å². The van der Waals surface area contributed by atoms with E-state index in [1.807, 2.05) is 66.0 Å². The van der Waals surface area contributed by atoms with Gasteiger partial charge in [0, 0.05) is 23.9 Å². The number of hydrogen-bond donors (Lipinski definition) is 3.